The second-order valence-corrected chi connectivity index (χ2v) is 8.15. The highest BCUT2D eigenvalue weighted by Gasteiger charge is 2.21. The van der Waals surface area contributed by atoms with Gasteiger partial charge < -0.3 is 5.32 Å². The van der Waals surface area contributed by atoms with Gasteiger partial charge in [-0.1, -0.05) is 34.1 Å². The van der Waals surface area contributed by atoms with E-state index in [1.165, 1.54) is 0 Å². The summed E-state index contributed by atoms with van der Waals surface area (Å²) in [6, 6.07) is 15.6. The molecule has 0 aromatic heterocycles. The van der Waals surface area contributed by atoms with Crippen molar-refractivity contribution < 1.29 is 13.2 Å². The fourth-order valence-electron chi connectivity index (χ4n) is 2.16. The number of nitrogens with zero attached hydrogens (tertiary/aromatic N) is 2. The first-order chi connectivity index (χ1) is 11.8. The molecule has 0 fully saturated rings. The number of carbonyl (C=O) groups is 1. The average Bonchev–Trinajstić information content (AvgIpc) is 2.54. The van der Waals surface area contributed by atoms with Crippen molar-refractivity contribution >= 4 is 43.2 Å². The molecule has 2 rings (SSSR count). The van der Waals surface area contributed by atoms with Crippen LogP contribution in [0, 0.1) is 11.3 Å². The van der Waals surface area contributed by atoms with Crippen molar-refractivity contribution in [3.8, 4) is 6.07 Å². The van der Waals surface area contributed by atoms with Gasteiger partial charge in [0.15, 0.2) is 0 Å². The Balaban J connectivity index is 2.13. The Hall–Kier alpha value is -2.37. The number of sulfonamides is 1. The number of nitrogens with one attached hydrogen (secondary N) is 1. The lowest BCUT2D eigenvalue weighted by atomic mass is 10.1. The van der Waals surface area contributed by atoms with E-state index in [4.69, 9.17) is 5.26 Å². The van der Waals surface area contributed by atoms with Gasteiger partial charge in [-0.15, -0.1) is 0 Å². The van der Waals surface area contributed by atoms with Crippen LogP contribution < -0.4 is 9.62 Å². The van der Waals surface area contributed by atoms with E-state index in [-0.39, 0.29) is 6.54 Å². The number of anilines is 2. The molecule has 0 aliphatic carbocycles. The number of nitriles is 1. The molecule has 8 heteroatoms. The zero-order valence-electron chi connectivity index (χ0n) is 13.4. The maximum absolute atomic E-state index is 12.3. The molecule has 0 spiro atoms. The summed E-state index contributed by atoms with van der Waals surface area (Å²) >= 11 is 3.29. The van der Waals surface area contributed by atoms with E-state index in [1.54, 1.807) is 48.5 Å². The maximum atomic E-state index is 12.3. The lowest BCUT2D eigenvalue weighted by Gasteiger charge is -2.22. The first-order valence-electron chi connectivity index (χ1n) is 7.28. The SMILES string of the molecule is CS(=O)(=O)N(CC(=O)Nc1ccc(CC#N)cc1)c1cccc(Br)c1. The van der Waals surface area contributed by atoms with Gasteiger partial charge in [-0.05, 0) is 35.9 Å². The summed E-state index contributed by atoms with van der Waals surface area (Å²) in [5.74, 6) is -0.460. The summed E-state index contributed by atoms with van der Waals surface area (Å²) in [5, 5.41) is 11.3. The molecule has 25 heavy (non-hydrogen) atoms. The highest BCUT2D eigenvalue weighted by molar-refractivity contribution is 9.10. The Labute approximate surface area is 155 Å². The number of amides is 1. The number of halogens is 1. The van der Waals surface area contributed by atoms with Gasteiger partial charge in [0.2, 0.25) is 15.9 Å². The third-order valence-corrected chi connectivity index (χ3v) is 4.94. The van der Waals surface area contributed by atoms with Crippen LogP contribution in [0.3, 0.4) is 0 Å². The fourth-order valence-corrected chi connectivity index (χ4v) is 3.39. The standard InChI is InChI=1S/C17H16BrN3O3S/c1-25(23,24)21(16-4-2-3-14(18)11-16)12-17(22)20-15-7-5-13(6-8-15)9-10-19/h2-8,11H,9,12H2,1H3,(H,20,22). The Morgan fingerprint density at radius 2 is 1.92 bits per heavy atom. The van der Waals surface area contributed by atoms with Crippen molar-refractivity contribution in [2.24, 2.45) is 0 Å². The number of hydrogen-bond donors (Lipinski definition) is 1. The molecule has 0 saturated heterocycles. The third-order valence-electron chi connectivity index (χ3n) is 3.30. The van der Waals surface area contributed by atoms with Gasteiger partial charge in [-0.3, -0.25) is 9.10 Å². The quantitative estimate of drug-likeness (QED) is 0.775. The van der Waals surface area contributed by atoms with Crippen LogP contribution in [0.25, 0.3) is 0 Å². The average molecular weight is 422 g/mol. The van der Waals surface area contributed by atoms with E-state index < -0.39 is 15.9 Å². The van der Waals surface area contributed by atoms with Gasteiger partial charge in [0.1, 0.15) is 6.54 Å². The van der Waals surface area contributed by atoms with Crippen LogP contribution in [0.2, 0.25) is 0 Å². The molecule has 0 heterocycles. The number of rotatable bonds is 6. The van der Waals surface area contributed by atoms with Crippen LogP contribution in [0.1, 0.15) is 5.56 Å². The molecular formula is C17H16BrN3O3S. The largest absolute Gasteiger partial charge is 0.325 e. The van der Waals surface area contributed by atoms with Crippen molar-refractivity contribution in [1.82, 2.24) is 0 Å². The van der Waals surface area contributed by atoms with Gasteiger partial charge in [0.05, 0.1) is 24.4 Å². The summed E-state index contributed by atoms with van der Waals surface area (Å²) in [6.45, 7) is -0.338. The van der Waals surface area contributed by atoms with Crippen molar-refractivity contribution in [2.45, 2.75) is 6.42 Å². The zero-order valence-corrected chi connectivity index (χ0v) is 15.8. The van der Waals surface area contributed by atoms with Crippen LogP contribution in [-0.2, 0) is 21.2 Å². The summed E-state index contributed by atoms with van der Waals surface area (Å²) in [7, 11) is -3.62. The molecular weight excluding hydrogens is 406 g/mol. The lowest BCUT2D eigenvalue weighted by Crippen LogP contribution is -2.37. The van der Waals surface area contributed by atoms with Gasteiger partial charge >= 0.3 is 0 Å². The molecule has 0 radical (unpaired) electrons. The van der Waals surface area contributed by atoms with Crippen molar-refractivity contribution in [3.63, 3.8) is 0 Å². The van der Waals surface area contributed by atoms with Gasteiger partial charge in [-0.2, -0.15) is 5.26 Å². The molecule has 2 aromatic carbocycles. The molecule has 1 amide bonds. The zero-order chi connectivity index (χ0) is 18.4. The van der Waals surface area contributed by atoms with Crippen molar-refractivity contribution in [3.05, 3.63) is 58.6 Å². The molecule has 0 unspecified atom stereocenters. The first-order valence-corrected chi connectivity index (χ1v) is 9.93. The van der Waals surface area contributed by atoms with E-state index in [9.17, 15) is 13.2 Å². The van der Waals surface area contributed by atoms with Gasteiger partial charge in [-0.25, -0.2) is 8.42 Å². The Bertz CT molecular complexity index is 905. The van der Waals surface area contributed by atoms with E-state index >= 15 is 0 Å². The normalized spacial score (nSPS) is 10.8. The minimum absolute atomic E-state index is 0.291. The smallest absolute Gasteiger partial charge is 0.245 e. The fraction of sp³-hybridized carbons (Fsp3) is 0.176. The van der Waals surface area contributed by atoms with Crippen LogP contribution in [-0.4, -0.2) is 27.1 Å². The molecule has 6 nitrogen and oxygen atoms in total. The lowest BCUT2D eigenvalue weighted by molar-refractivity contribution is -0.114. The minimum atomic E-state index is -3.62. The number of carbonyl (C=O) groups excluding carboxylic acids is 1. The first kappa shape index (κ1) is 19.0. The Morgan fingerprint density at radius 1 is 1.24 bits per heavy atom. The van der Waals surface area contributed by atoms with Gasteiger partial charge in [0, 0.05) is 10.2 Å². The monoisotopic (exact) mass is 421 g/mol. The molecule has 2 aromatic rings. The van der Waals surface area contributed by atoms with E-state index in [0.717, 1.165) is 16.1 Å². The molecule has 0 saturated carbocycles. The molecule has 1 N–H and O–H groups in total. The predicted octanol–water partition coefficient (Wildman–Crippen LogP) is 2.92. The highest BCUT2D eigenvalue weighted by Crippen LogP contribution is 2.22. The van der Waals surface area contributed by atoms with E-state index in [0.29, 0.717) is 22.3 Å². The van der Waals surface area contributed by atoms with Crippen LogP contribution in [0.5, 0.6) is 0 Å². The molecule has 130 valence electrons. The second-order valence-electron chi connectivity index (χ2n) is 5.33. The van der Waals surface area contributed by atoms with Crippen molar-refractivity contribution in [2.75, 3.05) is 22.4 Å². The third kappa shape index (κ3) is 5.59. The minimum Gasteiger partial charge on any atom is -0.325 e. The molecule has 0 aliphatic heterocycles. The number of hydrogen-bond acceptors (Lipinski definition) is 4. The second kappa shape index (κ2) is 8.14. The van der Waals surface area contributed by atoms with Crippen LogP contribution in [0.4, 0.5) is 11.4 Å². The Kier molecular flexibility index (Phi) is 6.17. The van der Waals surface area contributed by atoms with Gasteiger partial charge in [0.25, 0.3) is 0 Å². The molecule has 0 atom stereocenters. The van der Waals surface area contributed by atoms with E-state index in [2.05, 4.69) is 21.2 Å². The summed E-state index contributed by atoms with van der Waals surface area (Å²) < 4.78 is 25.8. The highest BCUT2D eigenvalue weighted by atomic mass is 79.9. The van der Waals surface area contributed by atoms with Crippen LogP contribution in [0.15, 0.2) is 53.0 Å². The topological polar surface area (TPSA) is 90.3 Å². The predicted molar refractivity (Wildman–Crippen MR) is 101 cm³/mol. The summed E-state index contributed by atoms with van der Waals surface area (Å²) in [6.07, 6.45) is 1.34. The Morgan fingerprint density at radius 3 is 2.48 bits per heavy atom. The summed E-state index contributed by atoms with van der Waals surface area (Å²) in [4.78, 5) is 12.3. The molecule has 0 bridgehead atoms. The molecule has 0 aliphatic rings. The maximum Gasteiger partial charge on any atom is 0.245 e. The number of benzene rings is 2. The van der Waals surface area contributed by atoms with Crippen LogP contribution >= 0.6 is 15.9 Å². The van der Waals surface area contributed by atoms with Crippen molar-refractivity contribution in [1.29, 1.82) is 5.26 Å². The summed E-state index contributed by atoms with van der Waals surface area (Å²) in [5.41, 5.74) is 1.78. The van der Waals surface area contributed by atoms with E-state index in [1.807, 2.05) is 6.07 Å².